The van der Waals surface area contributed by atoms with Gasteiger partial charge in [0.1, 0.15) is 25.2 Å². The van der Waals surface area contributed by atoms with Crippen LogP contribution in [0.2, 0.25) is 5.02 Å². The van der Waals surface area contributed by atoms with E-state index in [2.05, 4.69) is 20.8 Å². The highest BCUT2D eigenvalue weighted by molar-refractivity contribution is 6.31. The number of tetrazole rings is 1. The number of carboxylic acid groups (broad SMARTS) is 1. The third kappa shape index (κ3) is 6.20. The van der Waals surface area contributed by atoms with E-state index >= 15 is 0 Å². The molecule has 0 unspecified atom stereocenters. The number of carbonyl (C=O) groups is 2. The fourth-order valence-corrected chi connectivity index (χ4v) is 4.58. The Morgan fingerprint density at radius 1 is 1.07 bits per heavy atom. The van der Waals surface area contributed by atoms with Gasteiger partial charge in [0.2, 0.25) is 17.8 Å². The molecule has 0 saturated carbocycles. The molecule has 2 N–H and O–H groups in total. The van der Waals surface area contributed by atoms with Gasteiger partial charge in [-0.3, -0.25) is 9.63 Å². The van der Waals surface area contributed by atoms with Crippen LogP contribution in [0, 0.1) is 5.82 Å². The van der Waals surface area contributed by atoms with Crippen molar-refractivity contribution in [3.05, 3.63) is 119 Å². The number of halogens is 2. The standard InChI is InChI=1S/C29H22ClFN6O4/c1-41-37-16-20(24-15-21(30)7-13-26(24)36-17-32-34-35-36)6-12-27(37)25(14-18-2-8-22(31)9-3-18)28(38)33-23-10-4-19(5-11-23)29(39)40/h2-13,15-17,25H,14H2,1H3,(H-,33,38,39,40)/p+1/t25-/m1/s1. The molecule has 5 aromatic rings. The predicted molar refractivity (Wildman–Crippen MR) is 147 cm³/mol. The summed E-state index contributed by atoms with van der Waals surface area (Å²) in [5.41, 5.74) is 3.89. The molecule has 2 aromatic heterocycles. The minimum Gasteiger partial charge on any atom is -0.478 e. The second kappa shape index (κ2) is 11.9. The first-order valence-corrected chi connectivity index (χ1v) is 12.7. The number of aromatic carboxylic acids is 1. The molecule has 0 spiro atoms. The first-order chi connectivity index (χ1) is 19.8. The van der Waals surface area contributed by atoms with Crippen molar-refractivity contribution in [3.63, 3.8) is 0 Å². The van der Waals surface area contributed by atoms with E-state index in [1.54, 1.807) is 42.6 Å². The van der Waals surface area contributed by atoms with Crippen molar-refractivity contribution >= 4 is 29.2 Å². The van der Waals surface area contributed by atoms with Crippen molar-refractivity contribution in [2.24, 2.45) is 0 Å². The van der Waals surface area contributed by atoms with Crippen LogP contribution in [-0.4, -0.2) is 44.3 Å². The van der Waals surface area contributed by atoms with Gasteiger partial charge in [0.25, 0.3) is 0 Å². The van der Waals surface area contributed by atoms with Gasteiger partial charge in [0.15, 0.2) is 0 Å². The fraction of sp³-hybridized carbons (Fsp3) is 0.103. The Kier molecular flexibility index (Phi) is 7.97. The van der Waals surface area contributed by atoms with Crippen LogP contribution in [0.3, 0.4) is 0 Å². The van der Waals surface area contributed by atoms with E-state index in [0.717, 1.165) is 11.1 Å². The molecule has 0 bridgehead atoms. The number of benzene rings is 3. The number of carboxylic acids is 1. The molecule has 206 valence electrons. The minimum atomic E-state index is -1.07. The average molecular weight is 574 g/mol. The summed E-state index contributed by atoms with van der Waals surface area (Å²) in [4.78, 5) is 30.6. The largest absolute Gasteiger partial charge is 0.478 e. The maximum Gasteiger partial charge on any atom is 0.335 e. The number of nitrogens with zero attached hydrogens (tertiary/aromatic N) is 5. The highest BCUT2D eigenvalue weighted by Gasteiger charge is 2.32. The Morgan fingerprint density at radius 2 is 1.83 bits per heavy atom. The Bertz CT molecular complexity index is 1700. The number of pyridine rings is 1. The topological polar surface area (TPSA) is 123 Å². The van der Waals surface area contributed by atoms with E-state index in [-0.39, 0.29) is 23.7 Å². The zero-order valence-corrected chi connectivity index (χ0v) is 22.4. The number of anilines is 1. The molecule has 2 heterocycles. The monoisotopic (exact) mass is 573 g/mol. The van der Waals surface area contributed by atoms with E-state index in [1.807, 2.05) is 6.07 Å². The van der Waals surface area contributed by atoms with Gasteiger partial charge >= 0.3 is 5.97 Å². The summed E-state index contributed by atoms with van der Waals surface area (Å²) in [5, 5.41) is 23.9. The third-order valence-corrected chi connectivity index (χ3v) is 6.67. The fourth-order valence-electron chi connectivity index (χ4n) is 4.40. The lowest BCUT2D eigenvalue weighted by Crippen LogP contribution is -2.47. The molecule has 0 radical (unpaired) electrons. The zero-order valence-electron chi connectivity index (χ0n) is 21.6. The first kappa shape index (κ1) is 27.4. The van der Waals surface area contributed by atoms with Crippen LogP contribution in [-0.2, 0) is 11.2 Å². The van der Waals surface area contributed by atoms with Gasteiger partial charge in [0, 0.05) is 27.1 Å². The van der Waals surface area contributed by atoms with Crippen LogP contribution in [0.1, 0.15) is 27.5 Å². The summed E-state index contributed by atoms with van der Waals surface area (Å²) in [6, 6.07) is 20.6. The molecule has 0 aliphatic heterocycles. The van der Waals surface area contributed by atoms with E-state index in [1.165, 1.54) is 59.2 Å². The van der Waals surface area contributed by atoms with Gasteiger partial charge < -0.3 is 10.4 Å². The summed E-state index contributed by atoms with van der Waals surface area (Å²) < 4.78 is 16.6. The van der Waals surface area contributed by atoms with E-state index in [0.29, 0.717) is 27.7 Å². The first-order valence-electron chi connectivity index (χ1n) is 12.3. The van der Waals surface area contributed by atoms with Crippen molar-refractivity contribution in [2.45, 2.75) is 12.3 Å². The maximum atomic E-state index is 13.7. The lowest BCUT2D eigenvalue weighted by Gasteiger charge is -2.16. The van der Waals surface area contributed by atoms with E-state index in [4.69, 9.17) is 16.4 Å². The maximum absolute atomic E-state index is 13.7. The molecular weight excluding hydrogens is 551 g/mol. The summed E-state index contributed by atoms with van der Waals surface area (Å²) in [7, 11) is 1.48. The summed E-state index contributed by atoms with van der Waals surface area (Å²) in [6.07, 6.45) is 3.42. The van der Waals surface area contributed by atoms with Gasteiger partial charge in [0.05, 0.1) is 16.8 Å². The highest BCUT2D eigenvalue weighted by atomic mass is 35.5. The van der Waals surface area contributed by atoms with Crippen LogP contribution in [0.15, 0.2) is 91.4 Å². The van der Waals surface area contributed by atoms with Crippen LogP contribution in [0.25, 0.3) is 16.8 Å². The number of nitrogens with one attached hydrogen (secondary N) is 1. The number of carbonyl (C=O) groups excluding carboxylic acids is 1. The second-order valence-electron chi connectivity index (χ2n) is 9.02. The summed E-state index contributed by atoms with van der Waals surface area (Å²) >= 11 is 6.32. The molecule has 5 rings (SSSR count). The molecule has 3 aromatic carbocycles. The molecule has 1 atom stereocenters. The number of hydrogen-bond acceptors (Lipinski definition) is 6. The minimum absolute atomic E-state index is 0.0979. The zero-order chi connectivity index (χ0) is 28.9. The van der Waals surface area contributed by atoms with Gasteiger partial charge in [-0.25, -0.2) is 9.18 Å². The summed E-state index contributed by atoms with van der Waals surface area (Å²) in [5.74, 6) is -2.59. The smallest absolute Gasteiger partial charge is 0.335 e. The second-order valence-corrected chi connectivity index (χ2v) is 9.46. The predicted octanol–water partition coefficient (Wildman–Crippen LogP) is 4.13. The quantitative estimate of drug-likeness (QED) is 0.254. The Balaban J connectivity index is 1.53. The van der Waals surface area contributed by atoms with Crippen LogP contribution < -0.4 is 14.9 Å². The normalized spacial score (nSPS) is 11.6. The molecule has 0 fully saturated rings. The van der Waals surface area contributed by atoms with Crippen molar-refractivity contribution < 1.29 is 28.7 Å². The Hall–Kier alpha value is -5.16. The lowest BCUT2D eigenvalue weighted by atomic mass is 9.93. The third-order valence-electron chi connectivity index (χ3n) is 6.43. The Morgan fingerprint density at radius 3 is 2.49 bits per heavy atom. The lowest BCUT2D eigenvalue weighted by molar-refractivity contribution is -0.890. The van der Waals surface area contributed by atoms with Crippen molar-refractivity contribution in [3.8, 4) is 16.8 Å². The number of hydrogen-bond donors (Lipinski definition) is 2. The number of aromatic nitrogens is 5. The van der Waals surface area contributed by atoms with E-state index in [9.17, 15) is 19.1 Å². The van der Waals surface area contributed by atoms with Crippen molar-refractivity contribution in [1.82, 2.24) is 20.2 Å². The van der Waals surface area contributed by atoms with Crippen molar-refractivity contribution in [2.75, 3.05) is 12.4 Å². The number of amides is 1. The van der Waals surface area contributed by atoms with Crippen LogP contribution in [0.4, 0.5) is 10.1 Å². The summed E-state index contributed by atoms with van der Waals surface area (Å²) in [6.45, 7) is 0. The van der Waals surface area contributed by atoms with E-state index < -0.39 is 11.9 Å². The SMILES string of the molecule is CO[n+]1cc(-c2cc(Cl)ccc2-n2cnnn2)ccc1[C@@H](Cc1ccc(F)cc1)C(=O)Nc1ccc(C(=O)O)cc1. The molecule has 0 saturated heterocycles. The molecule has 10 nitrogen and oxygen atoms in total. The highest BCUT2D eigenvalue weighted by Crippen LogP contribution is 2.30. The average Bonchev–Trinajstić information content (AvgIpc) is 3.52. The molecule has 41 heavy (non-hydrogen) atoms. The number of rotatable bonds is 9. The Labute approximate surface area is 238 Å². The molecular formula is C29H23ClFN6O4+. The van der Waals surface area contributed by atoms with Crippen LogP contribution in [0.5, 0.6) is 0 Å². The van der Waals surface area contributed by atoms with Gasteiger partial charge in [-0.15, -0.1) is 5.10 Å². The van der Waals surface area contributed by atoms with Gasteiger partial charge in [-0.2, -0.15) is 4.68 Å². The molecule has 12 heteroatoms. The molecule has 0 aliphatic carbocycles. The van der Waals surface area contributed by atoms with Crippen LogP contribution >= 0.6 is 11.6 Å². The van der Waals surface area contributed by atoms with Gasteiger partial charge in [-0.05, 0) is 83.1 Å². The van der Waals surface area contributed by atoms with Gasteiger partial charge in [-0.1, -0.05) is 23.7 Å². The molecule has 1 amide bonds. The molecule has 0 aliphatic rings. The van der Waals surface area contributed by atoms with Crippen molar-refractivity contribution in [1.29, 1.82) is 0 Å².